The van der Waals surface area contributed by atoms with Gasteiger partial charge < -0.3 is 5.11 Å². The van der Waals surface area contributed by atoms with Crippen molar-refractivity contribution in [1.82, 2.24) is 0 Å². The summed E-state index contributed by atoms with van der Waals surface area (Å²) in [6.07, 6.45) is 0.647. The minimum atomic E-state index is -1.36. The van der Waals surface area contributed by atoms with E-state index in [0.29, 0.717) is 6.42 Å². The summed E-state index contributed by atoms with van der Waals surface area (Å²) in [6, 6.07) is 7.77. The van der Waals surface area contributed by atoms with Gasteiger partial charge in [-0.1, -0.05) is 54.9 Å². The maximum Gasteiger partial charge on any atom is 0.372 e. The van der Waals surface area contributed by atoms with Gasteiger partial charge in [0.15, 0.2) is 0 Å². The number of halogens is 1. The molecule has 18 heavy (non-hydrogen) atoms. The highest BCUT2D eigenvalue weighted by Gasteiger charge is 2.35. The molecule has 1 aromatic rings. The van der Waals surface area contributed by atoms with Crippen LogP contribution in [0, 0.1) is 11.3 Å². The molecular weight excluding hydrogens is 296 g/mol. The fraction of sp³-hybridized carbons (Fsp3) is 0.429. The number of Topliss-reactive ketones (excluding diaryl/α,β-unsaturated/α-hetero) is 1. The third kappa shape index (κ3) is 3.42. The summed E-state index contributed by atoms with van der Waals surface area (Å²) in [6.45, 7) is 5.50. The zero-order valence-corrected chi connectivity index (χ0v) is 12.3. The van der Waals surface area contributed by atoms with Crippen molar-refractivity contribution >= 4 is 27.7 Å². The summed E-state index contributed by atoms with van der Waals surface area (Å²) in [5, 5.41) is 8.78. The maximum absolute atomic E-state index is 11.6. The summed E-state index contributed by atoms with van der Waals surface area (Å²) in [7, 11) is 0. The molecule has 0 aliphatic carbocycles. The number of benzene rings is 1. The molecule has 1 rings (SSSR count). The SMILES string of the molecule is CC(C(=O)C(=O)O)C(C)(C)Cc1ccccc1Br. The van der Waals surface area contributed by atoms with Crippen LogP contribution < -0.4 is 0 Å². The maximum atomic E-state index is 11.6. The van der Waals surface area contributed by atoms with Crippen molar-refractivity contribution in [2.75, 3.05) is 0 Å². The standard InChI is InChI=1S/C14H17BrO3/c1-9(12(16)13(17)18)14(2,3)8-10-6-4-5-7-11(10)15/h4-7,9H,8H2,1-3H3,(H,17,18). The number of hydrogen-bond donors (Lipinski definition) is 1. The minimum Gasteiger partial charge on any atom is -0.475 e. The second-order valence-corrected chi connectivity index (χ2v) is 6.00. The minimum absolute atomic E-state index is 0.403. The van der Waals surface area contributed by atoms with Crippen LogP contribution in [0.1, 0.15) is 26.3 Å². The van der Waals surface area contributed by atoms with E-state index in [9.17, 15) is 9.59 Å². The third-order valence-corrected chi connectivity index (χ3v) is 4.15. The molecule has 0 saturated carbocycles. The Bertz CT molecular complexity index is 466. The lowest BCUT2D eigenvalue weighted by Crippen LogP contribution is -2.34. The Balaban J connectivity index is 2.91. The van der Waals surface area contributed by atoms with E-state index >= 15 is 0 Å². The molecule has 0 heterocycles. The normalized spacial score (nSPS) is 13.1. The van der Waals surface area contributed by atoms with Crippen molar-refractivity contribution in [1.29, 1.82) is 0 Å². The van der Waals surface area contributed by atoms with E-state index in [-0.39, 0.29) is 0 Å². The smallest absolute Gasteiger partial charge is 0.372 e. The van der Waals surface area contributed by atoms with E-state index in [1.807, 2.05) is 38.1 Å². The molecule has 1 atom stereocenters. The highest BCUT2D eigenvalue weighted by Crippen LogP contribution is 2.33. The van der Waals surface area contributed by atoms with E-state index in [4.69, 9.17) is 5.11 Å². The average molecular weight is 313 g/mol. The van der Waals surface area contributed by atoms with Crippen LogP contribution in [0.5, 0.6) is 0 Å². The lowest BCUT2D eigenvalue weighted by atomic mass is 9.73. The summed E-state index contributed by atoms with van der Waals surface area (Å²) in [4.78, 5) is 22.3. The molecule has 0 saturated heterocycles. The Labute approximate surface area is 115 Å². The van der Waals surface area contributed by atoms with Gasteiger partial charge >= 0.3 is 5.97 Å². The number of ketones is 1. The van der Waals surface area contributed by atoms with Crippen molar-refractivity contribution < 1.29 is 14.7 Å². The predicted octanol–water partition coefficient (Wildman–Crippen LogP) is 3.31. The van der Waals surface area contributed by atoms with Crippen LogP contribution in [-0.2, 0) is 16.0 Å². The van der Waals surface area contributed by atoms with Gasteiger partial charge in [0.2, 0.25) is 5.78 Å². The zero-order chi connectivity index (χ0) is 13.9. The van der Waals surface area contributed by atoms with Gasteiger partial charge in [0.1, 0.15) is 0 Å². The fourth-order valence-corrected chi connectivity index (χ4v) is 2.25. The quantitative estimate of drug-likeness (QED) is 0.849. The number of carbonyl (C=O) groups is 2. The summed E-state index contributed by atoms with van der Waals surface area (Å²) in [5.41, 5.74) is 0.673. The molecule has 0 amide bonds. The van der Waals surface area contributed by atoms with E-state index in [1.54, 1.807) is 6.92 Å². The van der Waals surface area contributed by atoms with Crippen LogP contribution in [0.4, 0.5) is 0 Å². The van der Waals surface area contributed by atoms with Crippen molar-refractivity contribution in [2.24, 2.45) is 11.3 Å². The molecule has 1 unspecified atom stereocenters. The molecule has 1 N–H and O–H groups in total. The van der Waals surface area contributed by atoms with Crippen LogP contribution >= 0.6 is 15.9 Å². The lowest BCUT2D eigenvalue weighted by molar-refractivity contribution is -0.152. The van der Waals surface area contributed by atoms with E-state index in [1.165, 1.54) is 0 Å². The van der Waals surface area contributed by atoms with Gasteiger partial charge in [-0.2, -0.15) is 0 Å². The van der Waals surface area contributed by atoms with Gasteiger partial charge in [0, 0.05) is 10.4 Å². The molecule has 0 fully saturated rings. The number of hydrogen-bond acceptors (Lipinski definition) is 2. The summed E-state index contributed by atoms with van der Waals surface area (Å²) < 4.78 is 0.980. The summed E-state index contributed by atoms with van der Waals surface area (Å²) in [5.74, 6) is -2.61. The van der Waals surface area contributed by atoms with Crippen LogP contribution in [0.2, 0.25) is 0 Å². The molecule has 0 aromatic heterocycles. The highest BCUT2D eigenvalue weighted by atomic mass is 79.9. The number of aliphatic carboxylic acids is 1. The van der Waals surface area contributed by atoms with Crippen LogP contribution in [0.15, 0.2) is 28.7 Å². The molecule has 0 radical (unpaired) electrons. The largest absolute Gasteiger partial charge is 0.475 e. The molecule has 0 bridgehead atoms. The van der Waals surface area contributed by atoms with Gasteiger partial charge in [0.05, 0.1) is 0 Å². The molecule has 0 aliphatic rings. The van der Waals surface area contributed by atoms with Crippen molar-refractivity contribution in [3.05, 3.63) is 34.3 Å². The first-order chi connectivity index (χ1) is 8.25. The van der Waals surface area contributed by atoms with Gasteiger partial charge in [0.25, 0.3) is 0 Å². The molecule has 0 spiro atoms. The predicted molar refractivity (Wildman–Crippen MR) is 73.4 cm³/mol. The number of carbonyl (C=O) groups excluding carboxylic acids is 1. The Morgan fingerprint density at radius 1 is 1.33 bits per heavy atom. The molecule has 0 aliphatic heterocycles. The molecule has 98 valence electrons. The number of carboxylic acid groups (broad SMARTS) is 1. The number of rotatable bonds is 5. The van der Waals surface area contributed by atoms with E-state index in [0.717, 1.165) is 10.0 Å². The first-order valence-electron chi connectivity index (χ1n) is 5.76. The molecule has 4 heteroatoms. The average Bonchev–Trinajstić information content (AvgIpc) is 2.29. The Morgan fingerprint density at radius 3 is 2.39 bits per heavy atom. The van der Waals surface area contributed by atoms with Gasteiger partial charge in [-0.05, 0) is 23.5 Å². The Hall–Kier alpha value is -1.16. The van der Waals surface area contributed by atoms with Crippen LogP contribution in [-0.4, -0.2) is 16.9 Å². The number of carboxylic acids is 1. The van der Waals surface area contributed by atoms with Crippen molar-refractivity contribution in [2.45, 2.75) is 27.2 Å². The first kappa shape index (κ1) is 14.9. The monoisotopic (exact) mass is 312 g/mol. The Kier molecular flexibility index (Phi) is 4.68. The lowest BCUT2D eigenvalue weighted by Gasteiger charge is -2.30. The van der Waals surface area contributed by atoms with Crippen LogP contribution in [0.25, 0.3) is 0 Å². The Morgan fingerprint density at radius 2 is 1.89 bits per heavy atom. The van der Waals surface area contributed by atoms with Gasteiger partial charge in [-0.3, -0.25) is 4.79 Å². The molecule has 1 aromatic carbocycles. The van der Waals surface area contributed by atoms with Crippen LogP contribution in [0.3, 0.4) is 0 Å². The van der Waals surface area contributed by atoms with Gasteiger partial charge in [-0.15, -0.1) is 0 Å². The second-order valence-electron chi connectivity index (χ2n) is 5.15. The van der Waals surface area contributed by atoms with E-state index in [2.05, 4.69) is 15.9 Å². The molecular formula is C14H17BrO3. The van der Waals surface area contributed by atoms with Crippen molar-refractivity contribution in [3.63, 3.8) is 0 Å². The first-order valence-corrected chi connectivity index (χ1v) is 6.55. The van der Waals surface area contributed by atoms with Gasteiger partial charge in [-0.25, -0.2) is 4.79 Å². The van der Waals surface area contributed by atoms with Crippen molar-refractivity contribution in [3.8, 4) is 0 Å². The topological polar surface area (TPSA) is 54.4 Å². The fourth-order valence-electron chi connectivity index (χ4n) is 1.83. The molecule has 3 nitrogen and oxygen atoms in total. The highest BCUT2D eigenvalue weighted by molar-refractivity contribution is 9.10. The van der Waals surface area contributed by atoms with E-state index < -0.39 is 23.1 Å². The zero-order valence-electron chi connectivity index (χ0n) is 10.7. The summed E-state index contributed by atoms with van der Waals surface area (Å²) >= 11 is 3.46. The third-order valence-electron chi connectivity index (χ3n) is 3.38. The second kappa shape index (κ2) is 5.65.